The Morgan fingerprint density at radius 3 is 3.07 bits per heavy atom. The minimum atomic E-state index is 0.674. The van der Waals surface area contributed by atoms with Gasteiger partial charge in [0, 0.05) is 12.6 Å². The Kier molecular flexibility index (Phi) is 2.88. The van der Waals surface area contributed by atoms with E-state index in [0.717, 1.165) is 17.7 Å². The van der Waals surface area contributed by atoms with Gasteiger partial charge in [0.2, 0.25) is 0 Å². The Morgan fingerprint density at radius 1 is 1.40 bits per heavy atom. The summed E-state index contributed by atoms with van der Waals surface area (Å²) in [6.45, 7) is 0. The number of allylic oxidation sites excluding steroid dienone is 4. The van der Waals surface area contributed by atoms with E-state index in [1.54, 1.807) is 6.20 Å². The van der Waals surface area contributed by atoms with Gasteiger partial charge in [-0.25, -0.2) is 0 Å². The standard InChI is InChI=1S/C12H11ClN2/c13-11-7-10-4-3-9(2-1-5-14)6-12(10)15-8-11/h1-5,7-8H,6,14H2/b5-1-,9-2-. The van der Waals surface area contributed by atoms with Crippen molar-refractivity contribution < 1.29 is 0 Å². The molecular formula is C12H11ClN2. The van der Waals surface area contributed by atoms with E-state index in [1.165, 1.54) is 11.8 Å². The molecular weight excluding hydrogens is 208 g/mol. The first-order valence-electron chi connectivity index (χ1n) is 4.69. The van der Waals surface area contributed by atoms with Gasteiger partial charge >= 0.3 is 0 Å². The Balaban J connectivity index is 2.32. The molecule has 0 aliphatic heterocycles. The van der Waals surface area contributed by atoms with E-state index in [-0.39, 0.29) is 0 Å². The monoisotopic (exact) mass is 218 g/mol. The largest absolute Gasteiger partial charge is 0.405 e. The predicted molar refractivity (Wildman–Crippen MR) is 63.4 cm³/mol. The number of hydrogen-bond acceptors (Lipinski definition) is 2. The number of nitrogens with two attached hydrogens (primary N) is 1. The highest BCUT2D eigenvalue weighted by Gasteiger charge is 2.08. The van der Waals surface area contributed by atoms with Crippen LogP contribution in [0.1, 0.15) is 11.3 Å². The van der Waals surface area contributed by atoms with Crippen LogP contribution in [-0.2, 0) is 6.42 Å². The van der Waals surface area contributed by atoms with Crippen molar-refractivity contribution in [2.75, 3.05) is 0 Å². The molecule has 0 saturated heterocycles. The molecule has 0 spiro atoms. The molecule has 1 aliphatic carbocycles. The van der Waals surface area contributed by atoms with E-state index in [2.05, 4.69) is 11.1 Å². The second-order valence-electron chi connectivity index (χ2n) is 3.33. The summed E-state index contributed by atoms with van der Waals surface area (Å²) in [4.78, 5) is 4.30. The van der Waals surface area contributed by atoms with Gasteiger partial charge in [0.25, 0.3) is 0 Å². The summed E-state index contributed by atoms with van der Waals surface area (Å²) >= 11 is 5.86. The molecule has 0 bridgehead atoms. The summed E-state index contributed by atoms with van der Waals surface area (Å²) in [6.07, 6.45) is 11.9. The number of nitrogens with zero attached hydrogens (tertiary/aromatic N) is 1. The molecule has 0 unspecified atom stereocenters. The van der Waals surface area contributed by atoms with Gasteiger partial charge in [0.05, 0.1) is 10.7 Å². The fourth-order valence-electron chi connectivity index (χ4n) is 1.52. The normalized spacial score (nSPS) is 17.3. The molecule has 0 atom stereocenters. The van der Waals surface area contributed by atoms with Gasteiger partial charge in [-0.2, -0.15) is 0 Å². The Hall–Kier alpha value is -1.54. The predicted octanol–water partition coefficient (Wildman–Crippen LogP) is 2.70. The van der Waals surface area contributed by atoms with E-state index in [9.17, 15) is 0 Å². The lowest BCUT2D eigenvalue weighted by molar-refractivity contribution is 1.05. The molecule has 0 amide bonds. The van der Waals surface area contributed by atoms with E-state index in [4.69, 9.17) is 17.3 Å². The van der Waals surface area contributed by atoms with Crippen molar-refractivity contribution in [1.29, 1.82) is 0 Å². The second kappa shape index (κ2) is 4.32. The minimum Gasteiger partial charge on any atom is -0.405 e. The summed E-state index contributed by atoms with van der Waals surface area (Å²) in [7, 11) is 0. The maximum absolute atomic E-state index is 5.86. The smallest absolute Gasteiger partial charge is 0.0595 e. The molecule has 15 heavy (non-hydrogen) atoms. The summed E-state index contributed by atoms with van der Waals surface area (Å²) in [5.74, 6) is 0. The van der Waals surface area contributed by atoms with Crippen LogP contribution in [0.3, 0.4) is 0 Å². The van der Waals surface area contributed by atoms with Gasteiger partial charge in [-0.05, 0) is 29.5 Å². The van der Waals surface area contributed by atoms with Crippen molar-refractivity contribution in [1.82, 2.24) is 4.98 Å². The number of pyridine rings is 1. The topological polar surface area (TPSA) is 38.9 Å². The van der Waals surface area contributed by atoms with Crippen LogP contribution in [0.4, 0.5) is 0 Å². The zero-order valence-electron chi connectivity index (χ0n) is 8.15. The first kappa shape index (κ1) is 9.99. The summed E-state index contributed by atoms with van der Waals surface area (Å²) in [5, 5.41) is 0.674. The summed E-state index contributed by atoms with van der Waals surface area (Å²) < 4.78 is 0. The molecule has 3 heteroatoms. The Labute approximate surface area is 93.8 Å². The molecule has 1 aromatic heterocycles. The zero-order valence-corrected chi connectivity index (χ0v) is 8.91. The van der Waals surface area contributed by atoms with Gasteiger partial charge in [0.15, 0.2) is 0 Å². The molecule has 0 radical (unpaired) electrons. The second-order valence-corrected chi connectivity index (χ2v) is 3.76. The highest BCUT2D eigenvalue weighted by Crippen LogP contribution is 2.23. The van der Waals surface area contributed by atoms with Crippen molar-refractivity contribution in [2.24, 2.45) is 5.73 Å². The van der Waals surface area contributed by atoms with Crippen LogP contribution in [0.2, 0.25) is 5.02 Å². The van der Waals surface area contributed by atoms with Crippen molar-refractivity contribution >= 4 is 17.7 Å². The number of aromatic nitrogens is 1. The zero-order chi connectivity index (χ0) is 10.7. The fraction of sp³-hybridized carbons (Fsp3) is 0.0833. The fourth-order valence-corrected chi connectivity index (χ4v) is 1.68. The van der Waals surface area contributed by atoms with E-state index >= 15 is 0 Å². The van der Waals surface area contributed by atoms with E-state index in [1.807, 2.05) is 24.3 Å². The van der Waals surface area contributed by atoms with Gasteiger partial charge in [-0.15, -0.1) is 0 Å². The molecule has 0 saturated carbocycles. The SMILES string of the molecule is N/C=C\C=C1\C=Cc2cc(Cl)cnc2C1. The molecule has 1 heterocycles. The molecule has 2 N–H and O–H groups in total. The quantitative estimate of drug-likeness (QED) is 0.787. The summed E-state index contributed by atoms with van der Waals surface area (Å²) in [6, 6.07) is 1.93. The first-order valence-corrected chi connectivity index (χ1v) is 5.07. The van der Waals surface area contributed by atoms with Crippen molar-refractivity contribution in [2.45, 2.75) is 6.42 Å². The maximum atomic E-state index is 5.86. The molecule has 1 aliphatic rings. The number of hydrogen-bond donors (Lipinski definition) is 1. The van der Waals surface area contributed by atoms with Gasteiger partial charge in [0.1, 0.15) is 0 Å². The Morgan fingerprint density at radius 2 is 2.27 bits per heavy atom. The van der Waals surface area contributed by atoms with Crippen LogP contribution >= 0.6 is 11.6 Å². The van der Waals surface area contributed by atoms with Crippen LogP contribution in [0.5, 0.6) is 0 Å². The minimum absolute atomic E-state index is 0.674. The average Bonchev–Trinajstić information content (AvgIpc) is 2.26. The van der Waals surface area contributed by atoms with E-state index in [0.29, 0.717) is 5.02 Å². The van der Waals surface area contributed by atoms with Crippen molar-refractivity contribution in [3.8, 4) is 0 Å². The molecule has 0 aromatic carbocycles. The third-order valence-electron chi connectivity index (χ3n) is 2.24. The lowest BCUT2D eigenvalue weighted by Gasteiger charge is -2.11. The maximum Gasteiger partial charge on any atom is 0.0595 e. The number of halogens is 1. The van der Waals surface area contributed by atoms with Crippen molar-refractivity contribution in [3.05, 3.63) is 58.5 Å². The van der Waals surface area contributed by atoms with Crippen molar-refractivity contribution in [3.63, 3.8) is 0 Å². The lowest BCUT2D eigenvalue weighted by atomic mass is 9.98. The first-order chi connectivity index (χ1) is 7.29. The van der Waals surface area contributed by atoms with E-state index < -0.39 is 0 Å². The highest BCUT2D eigenvalue weighted by molar-refractivity contribution is 6.30. The molecule has 0 fully saturated rings. The number of fused-ring (bicyclic) bond motifs is 1. The summed E-state index contributed by atoms with van der Waals surface area (Å²) in [5.41, 5.74) is 8.62. The van der Waals surface area contributed by atoms with Gasteiger partial charge in [-0.3, -0.25) is 4.98 Å². The van der Waals surface area contributed by atoms with Gasteiger partial charge < -0.3 is 5.73 Å². The third-order valence-corrected chi connectivity index (χ3v) is 2.45. The van der Waals surface area contributed by atoms with Crippen LogP contribution < -0.4 is 5.73 Å². The lowest BCUT2D eigenvalue weighted by Crippen LogP contribution is -2.00. The average molecular weight is 219 g/mol. The molecule has 1 aromatic rings. The Bertz CT molecular complexity index is 459. The van der Waals surface area contributed by atoms with Gasteiger partial charge in [-0.1, -0.05) is 29.8 Å². The van der Waals surface area contributed by atoms with Crippen LogP contribution in [0.25, 0.3) is 6.08 Å². The molecule has 2 rings (SSSR count). The number of rotatable bonds is 1. The van der Waals surface area contributed by atoms with Crippen LogP contribution in [0.15, 0.2) is 42.3 Å². The third kappa shape index (κ3) is 2.28. The van der Waals surface area contributed by atoms with Crippen LogP contribution in [0, 0.1) is 0 Å². The molecule has 2 nitrogen and oxygen atoms in total. The molecule has 76 valence electrons. The van der Waals surface area contributed by atoms with Crippen LogP contribution in [-0.4, -0.2) is 4.98 Å². The highest BCUT2D eigenvalue weighted by atomic mass is 35.5.